The van der Waals surface area contributed by atoms with Crippen LogP contribution in [-0.2, 0) is 4.79 Å². The Morgan fingerprint density at radius 3 is 2.62 bits per heavy atom. The Morgan fingerprint density at radius 1 is 1.15 bits per heavy atom. The van der Waals surface area contributed by atoms with Crippen molar-refractivity contribution in [1.82, 2.24) is 4.98 Å². The number of fused-ring (bicyclic) bond motifs is 1. The molecule has 0 aliphatic carbocycles. The number of phenols is 1. The molecule has 0 aliphatic heterocycles. The number of aromatic nitrogens is 1. The third kappa shape index (κ3) is 5.89. The molecule has 1 amide bonds. The summed E-state index contributed by atoms with van der Waals surface area (Å²) in [5, 5.41) is 13.2. The first-order valence-corrected chi connectivity index (χ1v) is 13.7. The molecule has 0 spiro atoms. The molecule has 34 heavy (non-hydrogen) atoms. The summed E-state index contributed by atoms with van der Waals surface area (Å²) in [7, 11) is 0. The van der Waals surface area contributed by atoms with E-state index in [9.17, 15) is 9.90 Å². The highest BCUT2D eigenvalue weighted by Gasteiger charge is 2.12. The lowest BCUT2D eigenvalue weighted by Gasteiger charge is -2.12. The van der Waals surface area contributed by atoms with Gasteiger partial charge in [0.25, 0.3) is 0 Å². The van der Waals surface area contributed by atoms with Crippen molar-refractivity contribution in [3.05, 3.63) is 73.7 Å². The summed E-state index contributed by atoms with van der Waals surface area (Å²) in [6.07, 6.45) is 1.63. The molecule has 4 aromatic rings. The molecule has 2 N–H and O–H groups in total. The molecule has 0 saturated carbocycles. The smallest absolute Gasteiger partial charge is 0.234 e. The fourth-order valence-corrected chi connectivity index (χ4v) is 6.70. The number of nitrogens with one attached hydrogen (secondary N) is 1. The summed E-state index contributed by atoms with van der Waals surface area (Å²) < 4.78 is 3.26. The van der Waals surface area contributed by atoms with Crippen molar-refractivity contribution in [2.75, 3.05) is 11.1 Å². The largest absolute Gasteiger partial charge is 0.506 e. The van der Waals surface area contributed by atoms with Crippen LogP contribution in [0.5, 0.6) is 5.75 Å². The number of hydrogen-bond acceptors (Lipinski definition) is 6. The van der Waals surface area contributed by atoms with Crippen molar-refractivity contribution < 1.29 is 9.90 Å². The molecule has 0 fully saturated rings. The molecule has 1 heterocycles. The van der Waals surface area contributed by atoms with E-state index in [0.717, 1.165) is 41.5 Å². The van der Waals surface area contributed by atoms with E-state index in [4.69, 9.17) is 0 Å². The third-order valence-corrected chi connectivity index (χ3v) is 8.25. The number of anilines is 1. The highest BCUT2D eigenvalue weighted by atomic mass is 79.9. The Hall–Kier alpha value is -2.20. The molecule has 0 atom stereocenters. The van der Waals surface area contributed by atoms with Crippen molar-refractivity contribution in [3.8, 4) is 5.75 Å². The highest BCUT2D eigenvalue weighted by Crippen LogP contribution is 2.34. The number of phenolic OH excluding ortho intramolecular Hbond substituents is 1. The monoisotopic (exact) mass is 617 g/mol. The number of thiazole rings is 1. The molecular weight excluding hydrogens is 598 g/mol. The van der Waals surface area contributed by atoms with Gasteiger partial charge in [-0.25, -0.2) is 4.98 Å². The molecule has 174 valence electrons. The summed E-state index contributed by atoms with van der Waals surface area (Å²) >= 11 is 9.71. The first-order valence-electron chi connectivity index (χ1n) is 10.3. The zero-order valence-electron chi connectivity index (χ0n) is 18.6. The number of thioether (sulfide) groups is 1. The van der Waals surface area contributed by atoms with Crippen molar-refractivity contribution in [1.29, 1.82) is 0 Å². The number of benzene rings is 3. The number of amides is 1. The van der Waals surface area contributed by atoms with E-state index in [0.29, 0.717) is 10.0 Å². The maximum atomic E-state index is 12.5. The van der Waals surface area contributed by atoms with Crippen LogP contribution < -0.4 is 5.32 Å². The average Bonchev–Trinajstić information content (AvgIpc) is 3.18. The van der Waals surface area contributed by atoms with Gasteiger partial charge in [0.2, 0.25) is 5.91 Å². The predicted octanol–water partition coefficient (Wildman–Crippen LogP) is 7.93. The summed E-state index contributed by atoms with van der Waals surface area (Å²) in [6.45, 7) is 6.06. The van der Waals surface area contributed by atoms with Crippen LogP contribution in [0, 0.1) is 20.8 Å². The lowest BCUT2D eigenvalue weighted by Crippen LogP contribution is -2.15. The Balaban J connectivity index is 1.44. The fourth-order valence-electron chi connectivity index (χ4n) is 3.54. The summed E-state index contributed by atoms with van der Waals surface area (Å²) in [4.78, 5) is 21.7. The first kappa shape index (κ1) is 24.9. The fraction of sp³-hybridized carbons (Fsp3) is 0.160. The van der Waals surface area contributed by atoms with Crippen LogP contribution in [0.2, 0.25) is 0 Å². The minimum atomic E-state index is -0.0513. The molecule has 5 nitrogen and oxygen atoms in total. The van der Waals surface area contributed by atoms with Gasteiger partial charge in [-0.15, -0.1) is 11.3 Å². The van der Waals surface area contributed by atoms with Gasteiger partial charge in [-0.05, 0) is 78.2 Å². The van der Waals surface area contributed by atoms with Gasteiger partial charge in [0.1, 0.15) is 5.75 Å². The zero-order valence-corrected chi connectivity index (χ0v) is 23.5. The second-order valence-corrected chi connectivity index (χ2v) is 11.8. The predicted molar refractivity (Wildman–Crippen MR) is 150 cm³/mol. The van der Waals surface area contributed by atoms with Gasteiger partial charge in [0, 0.05) is 21.9 Å². The number of nitrogens with zero attached hydrogens (tertiary/aromatic N) is 2. The van der Waals surface area contributed by atoms with E-state index in [1.165, 1.54) is 28.7 Å². The number of aryl methyl sites for hydroxylation is 3. The van der Waals surface area contributed by atoms with Gasteiger partial charge >= 0.3 is 0 Å². The topological polar surface area (TPSA) is 74.6 Å². The SMILES string of the molecule is Cc1cc(C)c(NC(=O)CSc2nc3ccc(N=Cc4cc(Br)cc(Br)c4O)cc3s2)c(C)c1. The van der Waals surface area contributed by atoms with Crippen LogP contribution >= 0.6 is 55.0 Å². The average molecular weight is 619 g/mol. The van der Waals surface area contributed by atoms with Gasteiger partial charge in [-0.3, -0.25) is 9.79 Å². The van der Waals surface area contributed by atoms with Gasteiger partial charge in [-0.2, -0.15) is 0 Å². The number of carbonyl (C=O) groups is 1. The van der Waals surface area contributed by atoms with Crippen LogP contribution in [0.1, 0.15) is 22.3 Å². The summed E-state index contributed by atoms with van der Waals surface area (Å²) in [5.41, 5.74) is 6.41. The molecule has 0 bridgehead atoms. The molecule has 0 radical (unpaired) electrons. The minimum absolute atomic E-state index is 0.0513. The number of hydrogen-bond donors (Lipinski definition) is 2. The van der Waals surface area contributed by atoms with Gasteiger partial charge in [-0.1, -0.05) is 45.4 Å². The normalized spacial score (nSPS) is 11.4. The molecule has 0 aliphatic rings. The number of halogens is 2. The Bertz CT molecular complexity index is 1410. The van der Waals surface area contributed by atoms with Crippen molar-refractivity contribution in [2.24, 2.45) is 4.99 Å². The Morgan fingerprint density at radius 2 is 1.88 bits per heavy atom. The molecule has 3 aromatic carbocycles. The van der Waals surface area contributed by atoms with E-state index >= 15 is 0 Å². The number of carbonyl (C=O) groups excluding carboxylic acids is 1. The number of aromatic hydroxyl groups is 1. The highest BCUT2D eigenvalue weighted by molar-refractivity contribution is 9.11. The van der Waals surface area contributed by atoms with Crippen molar-refractivity contribution in [2.45, 2.75) is 25.1 Å². The Kier molecular flexibility index (Phi) is 7.77. The van der Waals surface area contributed by atoms with E-state index in [1.54, 1.807) is 18.3 Å². The quantitative estimate of drug-likeness (QED) is 0.170. The minimum Gasteiger partial charge on any atom is -0.506 e. The van der Waals surface area contributed by atoms with Crippen molar-refractivity contribution >= 4 is 88.7 Å². The van der Waals surface area contributed by atoms with Gasteiger partial charge < -0.3 is 10.4 Å². The number of rotatable bonds is 6. The summed E-state index contributed by atoms with van der Waals surface area (Å²) in [5.74, 6) is 0.373. The van der Waals surface area contributed by atoms with E-state index in [1.807, 2.05) is 32.0 Å². The third-order valence-electron chi connectivity index (χ3n) is 5.03. The maximum absolute atomic E-state index is 12.5. The van der Waals surface area contributed by atoms with E-state index in [2.05, 4.69) is 66.2 Å². The lowest BCUT2D eigenvalue weighted by atomic mass is 10.1. The number of aliphatic imine (C=N–C) groups is 1. The van der Waals surface area contributed by atoms with Crippen molar-refractivity contribution in [3.63, 3.8) is 0 Å². The van der Waals surface area contributed by atoms with E-state index < -0.39 is 0 Å². The van der Waals surface area contributed by atoms with Crippen LogP contribution in [0.25, 0.3) is 10.2 Å². The molecule has 9 heteroatoms. The first-order chi connectivity index (χ1) is 16.2. The molecule has 1 aromatic heterocycles. The standard InChI is InChI=1S/C25H21Br2N3O2S2/c1-13-6-14(2)23(15(3)7-13)30-22(31)12-33-25-29-20-5-4-18(10-21(20)34-25)28-11-16-8-17(26)9-19(27)24(16)32/h4-11,32H,12H2,1-3H3,(H,30,31). The molecule has 4 rings (SSSR count). The molecular formula is C25H21Br2N3O2S2. The lowest BCUT2D eigenvalue weighted by molar-refractivity contribution is -0.113. The maximum Gasteiger partial charge on any atom is 0.234 e. The molecule has 0 saturated heterocycles. The van der Waals surface area contributed by atoms with Crippen LogP contribution in [-0.4, -0.2) is 28.0 Å². The van der Waals surface area contributed by atoms with Gasteiger partial charge in [0.15, 0.2) is 4.34 Å². The second kappa shape index (κ2) is 10.6. The van der Waals surface area contributed by atoms with Crippen LogP contribution in [0.4, 0.5) is 11.4 Å². The summed E-state index contributed by atoms with van der Waals surface area (Å²) in [6, 6.07) is 13.5. The second-order valence-electron chi connectivity index (χ2n) is 7.83. The molecule has 0 unspecified atom stereocenters. The van der Waals surface area contributed by atoms with Crippen LogP contribution in [0.15, 0.2) is 60.7 Å². The zero-order chi connectivity index (χ0) is 24.4. The Labute approximate surface area is 223 Å². The van der Waals surface area contributed by atoms with Crippen LogP contribution in [0.3, 0.4) is 0 Å². The van der Waals surface area contributed by atoms with Gasteiger partial charge in [0.05, 0.1) is 26.1 Å². The van der Waals surface area contributed by atoms with E-state index in [-0.39, 0.29) is 17.4 Å².